The lowest BCUT2D eigenvalue weighted by Gasteiger charge is -2.47. The lowest BCUT2D eigenvalue weighted by molar-refractivity contribution is -0.160. The Morgan fingerprint density at radius 1 is 0.857 bits per heavy atom. The maximum atomic E-state index is 14.7. The number of fused-ring (bicyclic) bond motifs is 14. The molecular weight excluding hydrogens is 821 g/mol. The number of phenols is 3. The Labute approximate surface area is 367 Å². The van der Waals surface area contributed by atoms with Crippen molar-refractivity contribution in [1.29, 1.82) is 0 Å². The summed E-state index contributed by atoms with van der Waals surface area (Å²) in [6.45, 7) is 15.3. The summed E-state index contributed by atoms with van der Waals surface area (Å²) in [6, 6.07) is 0. The SMILES string of the molecule is CO[C@H]1/C=C/O[C@@]2(C)Oc3c(C)c(O)c4c(O)c(c(N(N5CCOCC5)N5CCOCC5)c(O)c4c3C2=O)NC(=O)/C(C)=C\C=C\[C@@H](C)[C@H](O)[C@@H](C)[C@H](O)[C@@H](C)[C@H](OC(C)=O)[C@@H]1C. The van der Waals surface area contributed by atoms with Crippen LogP contribution in [0.1, 0.15) is 64.4 Å². The van der Waals surface area contributed by atoms with Crippen LogP contribution in [0.25, 0.3) is 10.8 Å². The van der Waals surface area contributed by atoms with E-state index >= 15 is 0 Å². The number of esters is 1. The van der Waals surface area contributed by atoms with Gasteiger partial charge in [-0.15, -0.1) is 0 Å². The first-order valence-electron chi connectivity index (χ1n) is 21.4. The first kappa shape index (κ1) is 47.5. The number of aliphatic hydroxyl groups excluding tert-OH is 2. The highest BCUT2D eigenvalue weighted by atomic mass is 16.7. The van der Waals surface area contributed by atoms with Gasteiger partial charge < -0.3 is 59.3 Å². The summed E-state index contributed by atoms with van der Waals surface area (Å²) in [5, 5.41) is 67.6. The normalized spacial score (nSPS) is 32.3. The lowest BCUT2D eigenvalue weighted by atomic mass is 9.78. The number of aromatic hydroxyl groups is 3. The fourth-order valence-corrected chi connectivity index (χ4v) is 8.85. The number of anilines is 2. The summed E-state index contributed by atoms with van der Waals surface area (Å²) in [6.07, 6.45) is 3.59. The van der Waals surface area contributed by atoms with Gasteiger partial charge in [0.05, 0.1) is 62.0 Å². The van der Waals surface area contributed by atoms with Crippen molar-refractivity contribution in [3.63, 3.8) is 0 Å². The van der Waals surface area contributed by atoms with Crippen molar-refractivity contribution in [2.75, 3.05) is 70.2 Å². The summed E-state index contributed by atoms with van der Waals surface area (Å²) in [4.78, 5) is 41.3. The topological polar surface area (TPSA) is 229 Å². The van der Waals surface area contributed by atoms with E-state index in [-0.39, 0.29) is 44.6 Å². The molecule has 18 nitrogen and oxygen atoms in total. The zero-order valence-electron chi connectivity index (χ0n) is 37.4. The first-order valence-corrected chi connectivity index (χ1v) is 21.4. The summed E-state index contributed by atoms with van der Waals surface area (Å²) >= 11 is 0. The molecule has 0 spiro atoms. The summed E-state index contributed by atoms with van der Waals surface area (Å²) in [5.41, 5.74) is -0.284. The fraction of sp³-hybridized carbons (Fsp3) is 0.578. The molecule has 2 fully saturated rings. The van der Waals surface area contributed by atoms with Crippen molar-refractivity contribution in [2.24, 2.45) is 23.7 Å². The minimum absolute atomic E-state index is 0.0533. The highest BCUT2D eigenvalue weighted by molar-refractivity contribution is 6.23. The number of ether oxygens (including phenoxy) is 6. The zero-order valence-corrected chi connectivity index (χ0v) is 37.4. The number of nitrogens with one attached hydrogen (secondary N) is 1. The van der Waals surface area contributed by atoms with Gasteiger partial charge in [0.25, 0.3) is 11.7 Å². The highest BCUT2D eigenvalue weighted by Gasteiger charge is 2.50. The van der Waals surface area contributed by atoms with Crippen molar-refractivity contribution in [3.05, 3.63) is 47.3 Å². The van der Waals surface area contributed by atoms with Crippen LogP contribution in [0.3, 0.4) is 0 Å². The average molecular weight is 883 g/mol. The molecule has 0 aliphatic carbocycles. The van der Waals surface area contributed by atoms with Crippen LogP contribution >= 0.6 is 0 Å². The molecule has 5 bridgehead atoms. The lowest BCUT2D eigenvalue weighted by Crippen LogP contribution is -2.60. The quantitative estimate of drug-likeness (QED) is 0.141. The standard InChI is InChI=1S/C45H62N4O14/c1-23-11-10-12-24(2)44(57)46-34-35(49(47-14-19-59-20-15-47)48-16-21-60-22-17-48)40(55)31-32(39(34)54)38(53)28(6)42-33(31)43(56)45(8,63-42)61-18-13-30(58-9)25(3)41(62-29(7)50)27(5)37(52)26(4)36(23)51/h10-13,18,23,25-27,30,36-37,41,51-55H,14-17,19-22H2,1-9H3,(H,46,57)/b11-10+,18-13+,24-12-/t23-,25-,26-,27-,30+,36+,37+,41-,45+/m1/s1. The molecule has 0 saturated carbocycles. The van der Waals surface area contributed by atoms with E-state index in [2.05, 4.69) is 5.32 Å². The molecule has 2 saturated heterocycles. The van der Waals surface area contributed by atoms with Crippen molar-refractivity contribution < 1.29 is 68.3 Å². The molecule has 7 rings (SSSR count). The van der Waals surface area contributed by atoms with Crippen LogP contribution < -0.4 is 15.2 Å². The number of carbonyl (C=O) groups is 3. The van der Waals surface area contributed by atoms with Crippen molar-refractivity contribution in [2.45, 2.75) is 85.6 Å². The van der Waals surface area contributed by atoms with Crippen LogP contribution in [-0.4, -0.2) is 143 Å². The second kappa shape index (κ2) is 19.4. The van der Waals surface area contributed by atoms with E-state index in [0.717, 1.165) is 0 Å². The van der Waals surface area contributed by atoms with E-state index < -0.39 is 88.8 Å². The Kier molecular flexibility index (Phi) is 14.7. The number of morpholine rings is 2. The second-order valence-corrected chi connectivity index (χ2v) is 17.0. The van der Waals surface area contributed by atoms with Gasteiger partial charge in [-0.2, -0.15) is 0 Å². The molecule has 0 radical (unpaired) electrons. The average Bonchev–Trinajstić information content (AvgIpc) is 3.53. The van der Waals surface area contributed by atoms with E-state index in [1.54, 1.807) is 51.9 Å². The molecular formula is C45H62N4O14. The fourth-order valence-electron chi connectivity index (χ4n) is 8.85. The maximum absolute atomic E-state index is 14.7. The van der Waals surface area contributed by atoms with Crippen LogP contribution in [0.2, 0.25) is 0 Å². The number of Topliss-reactive ketones (excluding diaryl/α,β-unsaturated/α-hetero) is 1. The van der Waals surface area contributed by atoms with E-state index in [0.29, 0.717) is 52.6 Å². The van der Waals surface area contributed by atoms with E-state index in [1.165, 1.54) is 46.3 Å². The third kappa shape index (κ3) is 9.20. The summed E-state index contributed by atoms with van der Waals surface area (Å²) < 4.78 is 35.2. The molecule has 2 aromatic rings. The number of allylic oxidation sites excluding steroid dienone is 2. The van der Waals surface area contributed by atoms with Crippen LogP contribution in [0.5, 0.6) is 23.0 Å². The second-order valence-electron chi connectivity index (χ2n) is 17.0. The first-order chi connectivity index (χ1) is 29.8. The Balaban J connectivity index is 1.58. The predicted octanol–water partition coefficient (Wildman–Crippen LogP) is 4.05. The predicted molar refractivity (Wildman–Crippen MR) is 231 cm³/mol. The third-order valence-corrected chi connectivity index (χ3v) is 12.7. The largest absolute Gasteiger partial charge is 0.507 e. The van der Waals surface area contributed by atoms with Gasteiger partial charge in [0.2, 0.25) is 0 Å². The number of rotatable bonds is 5. The molecule has 6 N–H and O–H groups in total. The molecule has 5 heterocycles. The number of benzene rings is 2. The molecule has 346 valence electrons. The highest BCUT2D eigenvalue weighted by Crippen LogP contribution is 2.58. The Morgan fingerprint density at radius 2 is 1.46 bits per heavy atom. The number of hydrogen-bond acceptors (Lipinski definition) is 17. The van der Waals surface area contributed by atoms with Gasteiger partial charge in [-0.1, -0.05) is 45.9 Å². The molecule has 9 atom stereocenters. The Hall–Kier alpha value is -4.95. The van der Waals surface area contributed by atoms with Crippen molar-refractivity contribution >= 4 is 39.8 Å². The molecule has 5 aliphatic rings. The monoisotopic (exact) mass is 882 g/mol. The Morgan fingerprint density at radius 3 is 2.03 bits per heavy atom. The molecule has 5 aliphatic heterocycles. The summed E-state index contributed by atoms with van der Waals surface area (Å²) in [7, 11) is 1.44. The van der Waals surface area contributed by atoms with Crippen LogP contribution in [0.15, 0.2) is 36.1 Å². The Bertz CT molecular complexity index is 2130. The van der Waals surface area contributed by atoms with Gasteiger partial charge in [0.15, 0.2) is 11.5 Å². The van der Waals surface area contributed by atoms with Gasteiger partial charge in [-0.05, 0) is 19.9 Å². The third-order valence-electron chi connectivity index (χ3n) is 12.7. The minimum atomic E-state index is -2.07. The van der Waals surface area contributed by atoms with E-state index in [1.807, 2.05) is 10.0 Å². The van der Waals surface area contributed by atoms with Gasteiger partial charge in [0.1, 0.15) is 29.0 Å². The molecule has 63 heavy (non-hydrogen) atoms. The number of carbonyl (C=O) groups excluding carboxylic acids is 3. The summed E-state index contributed by atoms with van der Waals surface area (Å²) in [5.74, 6) is -8.40. The number of amides is 1. The molecule has 1 amide bonds. The number of hydrazine groups is 2. The van der Waals surface area contributed by atoms with Gasteiger partial charge >= 0.3 is 11.8 Å². The van der Waals surface area contributed by atoms with Crippen molar-refractivity contribution in [3.8, 4) is 23.0 Å². The van der Waals surface area contributed by atoms with Gasteiger partial charge in [0, 0.05) is 87.3 Å². The number of methoxy groups -OCH3 is 1. The number of phenolic OH excluding ortho intramolecular Hbond substituents is 3. The van der Waals surface area contributed by atoms with Crippen molar-refractivity contribution in [1.82, 2.24) is 10.0 Å². The minimum Gasteiger partial charge on any atom is -0.507 e. The van der Waals surface area contributed by atoms with E-state index in [4.69, 9.17) is 28.4 Å². The molecule has 0 aromatic heterocycles. The number of nitrogens with zero attached hydrogens (tertiary/aromatic N) is 3. The van der Waals surface area contributed by atoms with Crippen LogP contribution in [0.4, 0.5) is 11.4 Å². The number of ketones is 1. The smallest absolute Gasteiger partial charge is 0.312 e. The van der Waals surface area contributed by atoms with E-state index in [9.17, 15) is 39.9 Å². The number of hydrogen-bond donors (Lipinski definition) is 6. The van der Waals surface area contributed by atoms with Crippen LogP contribution in [0, 0.1) is 30.6 Å². The molecule has 2 aromatic carbocycles. The molecule has 0 unspecified atom stereocenters. The molecule has 18 heteroatoms. The number of aliphatic hydroxyl groups is 2. The zero-order chi connectivity index (χ0) is 46.1. The van der Waals surface area contributed by atoms with Gasteiger partial charge in [-0.25, -0.2) is 15.1 Å². The van der Waals surface area contributed by atoms with Crippen LogP contribution in [-0.2, 0) is 33.3 Å². The van der Waals surface area contributed by atoms with Gasteiger partial charge in [-0.3, -0.25) is 14.4 Å². The maximum Gasteiger partial charge on any atom is 0.312 e.